The van der Waals surface area contributed by atoms with Crippen LogP contribution in [0.15, 0.2) is 36.0 Å². The lowest BCUT2D eigenvalue weighted by Crippen LogP contribution is -1.81. The molecule has 0 bridgehead atoms. The topological polar surface area (TPSA) is 31.5 Å². The minimum absolute atomic E-state index is 0. The Labute approximate surface area is 69.4 Å². The van der Waals surface area contributed by atoms with Crippen molar-refractivity contribution in [3.8, 4) is 0 Å². The monoisotopic (exact) mass is 154 g/mol. The third-order valence-electron chi connectivity index (χ3n) is 1.35. The van der Waals surface area contributed by atoms with Crippen molar-refractivity contribution >= 4 is 0 Å². The van der Waals surface area contributed by atoms with E-state index in [2.05, 4.69) is 26.2 Å². The molecule has 0 aliphatic carbocycles. The van der Waals surface area contributed by atoms with Gasteiger partial charge in [-0.25, -0.2) is 0 Å². The fourth-order valence-electron chi connectivity index (χ4n) is 0.824. The Kier molecular flexibility index (Phi) is 6.91. The van der Waals surface area contributed by atoms with Crippen molar-refractivity contribution < 1.29 is 5.48 Å². The minimum atomic E-state index is 0. The average molecular weight is 154 g/mol. The van der Waals surface area contributed by atoms with Crippen LogP contribution in [-0.2, 0) is 0 Å². The lowest BCUT2D eigenvalue weighted by Gasteiger charge is -2.01. The molecule has 0 saturated heterocycles. The van der Waals surface area contributed by atoms with Crippen molar-refractivity contribution in [3.05, 3.63) is 36.0 Å². The van der Waals surface area contributed by atoms with E-state index in [1.165, 1.54) is 5.57 Å². The molecule has 0 aromatic rings. The molecule has 0 heterocycles. The Balaban J connectivity index is 0. The highest BCUT2D eigenvalue weighted by Crippen LogP contribution is 2.12. The van der Waals surface area contributed by atoms with Gasteiger partial charge >= 0.3 is 0 Å². The first-order valence-corrected chi connectivity index (χ1v) is 3.60. The highest BCUT2D eigenvalue weighted by Gasteiger charge is 1.92. The lowest BCUT2D eigenvalue weighted by molar-refractivity contribution is 0.824. The van der Waals surface area contributed by atoms with Gasteiger partial charge in [0.05, 0.1) is 0 Å². The summed E-state index contributed by atoms with van der Waals surface area (Å²) in [5, 5.41) is 0. The Morgan fingerprint density at radius 2 is 1.73 bits per heavy atom. The van der Waals surface area contributed by atoms with Gasteiger partial charge in [0.25, 0.3) is 0 Å². The summed E-state index contributed by atoms with van der Waals surface area (Å²) in [7, 11) is 0. The van der Waals surface area contributed by atoms with Crippen LogP contribution in [0.3, 0.4) is 0 Å². The third kappa shape index (κ3) is 5.62. The van der Waals surface area contributed by atoms with E-state index in [0.29, 0.717) is 0 Å². The number of hydrogen-bond donors (Lipinski definition) is 0. The highest BCUT2D eigenvalue weighted by molar-refractivity contribution is 5.32. The molecule has 1 heteroatoms. The van der Waals surface area contributed by atoms with Gasteiger partial charge in [-0.1, -0.05) is 37.3 Å². The van der Waals surface area contributed by atoms with Gasteiger partial charge in [-0.2, -0.15) is 0 Å². The minimum Gasteiger partial charge on any atom is -0.412 e. The van der Waals surface area contributed by atoms with E-state index >= 15 is 0 Å². The van der Waals surface area contributed by atoms with Crippen LogP contribution in [0.5, 0.6) is 0 Å². The standard InChI is InChI=1S/C10H16.H2O/c1-6-10(9(4)5)7-8(2)3;/h7H,2,4,6H2,1,3,5H3;1H2/b10-7-;. The Morgan fingerprint density at radius 3 is 1.82 bits per heavy atom. The lowest BCUT2D eigenvalue weighted by atomic mass is 10.0. The molecule has 0 aromatic heterocycles. The van der Waals surface area contributed by atoms with E-state index in [-0.39, 0.29) is 5.48 Å². The smallest absolute Gasteiger partial charge is 0.0305 e. The van der Waals surface area contributed by atoms with Crippen LogP contribution in [0.4, 0.5) is 0 Å². The average Bonchev–Trinajstić information content (AvgIpc) is 1.81. The summed E-state index contributed by atoms with van der Waals surface area (Å²) < 4.78 is 0. The van der Waals surface area contributed by atoms with Crippen LogP contribution >= 0.6 is 0 Å². The molecule has 0 atom stereocenters. The van der Waals surface area contributed by atoms with E-state index in [1.807, 2.05) is 13.8 Å². The van der Waals surface area contributed by atoms with Gasteiger partial charge < -0.3 is 5.48 Å². The fourth-order valence-corrected chi connectivity index (χ4v) is 0.824. The predicted molar refractivity (Wildman–Crippen MR) is 51.6 cm³/mol. The van der Waals surface area contributed by atoms with Crippen molar-refractivity contribution in [3.63, 3.8) is 0 Å². The van der Waals surface area contributed by atoms with E-state index < -0.39 is 0 Å². The van der Waals surface area contributed by atoms with Crippen LogP contribution in [0.1, 0.15) is 27.2 Å². The Bertz CT molecular complexity index is 175. The maximum atomic E-state index is 3.87. The first-order chi connectivity index (χ1) is 4.57. The van der Waals surface area contributed by atoms with E-state index in [4.69, 9.17) is 0 Å². The molecule has 0 rings (SSSR count). The zero-order chi connectivity index (χ0) is 8.15. The number of hydrogen-bond acceptors (Lipinski definition) is 0. The summed E-state index contributed by atoms with van der Waals surface area (Å²) in [5.41, 5.74) is 3.54. The van der Waals surface area contributed by atoms with Crippen molar-refractivity contribution in [1.82, 2.24) is 0 Å². The largest absolute Gasteiger partial charge is 0.412 e. The van der Waals surface area contributed by atoms with Crippen LogP contribution in [0.25, 0.3) is 0 Å². The van der Waals surface area contributed by atoms with Crippen molar-refractivity contribution in [2.24, 2.45) is 0 Å². The van der Waals surface area contributed by atoms with Crippen molar-refractivity contribution in [2.75, 3.05) is 0 Å². The number of rotatable bonds is 3. The molecule has 2 N–H and O–H groups in total. The van der Waals surface area contributed by atoms with Gasteiger partial charge in [-0.15, -0.1) is 0 Å². The molecule has 0 fully saturated rings. The van der Waals surface area contributed by atoms with Gasteiger partial charge in [0, 0.05) is 0 Å². The molecule has 0 saturated carbocycles. The SMILES string of the molecule is C=C(C)/C=C(/CC)C(=C)C.O. The maximum absolute atomic E-state index is 3.87. The summed E-state index contributed by atoms with van der Waals surface area (Å²) in [4.78, 5) is 0. The van der Waals surface area contributed by atoms with Crippen LogP contribution in [0, 0.1) is 0 Å². The fraction of sp³-hybridized carbons (Fsp3) is 0.400. The van der Waals surface area contributed by atoms with E-state index in [9.17, 15) is 0 Å². The first kappa shape index (κ1) is 12.8. The molecule has 0 amide bonds. The second kappa shape index (κ2) is 5.93. The first-order valence-electron chi connectivity index (χ1n) is 3.60. The van der Waals surface area contributed by atoms with Gasteiger partial charge in [0.15, 0.2) is 0 Å². The summed E-state index contributed by atoms with van der Waals surface area (Å²) >= 11 is 0. The summed E-state index contributed by atoms with van der Waals surface area (Å²) in [5.74, 6) is 0. The molecule has 11 heavy (non-hydrogen) atoms. The second-order valence-electron chi connectivity index (χ2n) is 2.65. The molecular weight excluding hydrogens is 136 g/mol. The normalized spacial score (nSPS) is 10.3. The maximum Gasteiger partial charge on any atom is -0.0305 e. The zero-order valence-electron chi connectivity index (χ0n) is 7.70. The molecule has 0 spiro atoms. The van der Waals surface area contributed by atoms with Gasteiger partial charge in [-0.3, -0.25) is 0 Å². The van der Waals surface area contributed by atoms with E-state index in [1.54, 1.807) is 0 Å². The summed E-state index contributed by atoms with van der Waals surface area (Å²) in [6.07, 6.45) is 3.13. The van der Waals surface area contributed by atoms with Gasteiger partial charge in [0.1, 0.15) is 0 Å². The van der Waals surface area contributed by atoms with Crippen molar-refractivity contribution in [2.45, 2.75) is 27.2 Å². The Hall–Kier alpha value is -0.820. The molecule has 1 nitrogen and oxygen atoms in total. The van der Waals surface area contributed by atoms with E-state index in [0.717, 1.165) is 17.6 Å². The van der Waals surface area contributed by atoms with Crippen LogP contribution in [0.2, 0.25) is 0 Å². The van der Waals surface area contributed by atoms with Crippen LogP contribution in [-0.4, -0.2) is 5.48 Å². The van der Waals surface area contributed by atoms with Gasteiger partial charge in [0.2, 0.25) is 0 Å². The molecule has 0 aliphatic heterocycles. The molecule has 64 valence electrons. The molecular formula is C10H18O. The summed E-state index contributed by atoms with van der Waals surface area (Å²) in [6, 6.07) is 0. The second-order valence-corrected chi connectivity index (χ2v) is 2.65. The van der Waals surface area contributed by atoms with Crippen molar-refractivity contribution in [1.29, 1.82) is 0 Å². The highest BCUT2D eigenvalue weighted by atomic mass is 16.0. The molecule has 0 aromatic carbocycles. The molecule has 0 unspecified atom stereocenters. The Morgan fingerprint density at radius 1 is 1.27 bits per heavy atom. The summed E-state index contributed by atoms with van der Waals surface area (Å²) in [6.45, 7) is 13.8. The molecule has 0 aliphatic rings. The van der Waals surface area contributed by atoms with Gasteiger partial charge in [-0.05, 0) is 25.8 Å². The van der Waals surface area contributed by atoms with Crippen LogP contribution < -0.4 is 0 Å². The third-order valence-corrected chi connectivity index (χ3v) is 1.35. The molecule has 0 radical (unpaired) electrons. The number of allylic oxidation sites excluding steroid dienone is 4. The predicted octanol–water partition coefficient (Wildman–Crippen LogP) is 2.65. The quantitative estimate of drug-likeness (QED) is 0.560. The zero-order valence-corrected chi connectivity index (χ0v) is 7.70.